The van der Waals surface area contributed by atoms with Crippen molar-refractivity contribution in [3.05, 3.63) is 75.0 Å². The number of fused-ring (bicyclic) bond motifs is 1. The van der Waals surface area contributed by atoms with E-state index in [9.17, 15) is 19.1 Å². The van der Waals surface area contributed by atoms with Gasteiger partial charge in [0.25, 0.3) is 5.56 Å². The van der Waals surface area contributed by atoms with Crippen molar-refractivity contribution in [1.82, 2.24) is 4.40 Å². The quantitative estimate of drug-likeness (QED) is 0.735. The topological polar surface area (TPSA) is 84.8 Å². The zero-order chi connectivity index (χ0) is 19.9. The molecule has 1 aromatic carbocycles. The molecule has 0 atom stereocenters. The van der Waals surface area contributed by atoms with Crippen LogP contribution in [0.2, 0.25) is 0 Å². The van der Waals surface area contributed by atoms with Crippen molar-refractivity contribution in [2.75, 3.05) is 0 Å². The van der Waals surface area contributed by atoms with Crippen LogP contribution < -0.4 is 11.3 Å². The van der Waals surface area contributed by atoms with Crippen LogP contribution in [0.5, 0.6) is 0 Å². The molecule has 0 aliphatic rings. The van der Waals surface area contributed by atoms with Gasteiger partial charge in [0.2, 0.25) is 0 Å². The fourth-order valence-electron chi connectivity index (χ4n) is 3.41. The van der Waals surface area contributed by atoms with E-state index in [0.717, 1.165) is 16.2 Å². The molecule has 0 spiro atoms. The maximum atomic E-state index is 15.0. The number of nitrogens with two attached hydrogens (primary N) is 1. The lowest BCUT2D eigenvalue weighted by molar-refractivity contribution is 0.0694. The molecule has 0 saturated heterocycles. The second-order valence-corrected chi connectivity index (χ2v) is 6.88. The van der Waals surface area contributed by atoms with Crippen LogP contribution in [0.3, 0.4) is 0 Å². The van der Waals surface area contributed by atoms with E-state index in [1.54, 1.807) is 19.1 Å². The number of nitrogens with zero attached hydrogens (tertiary/aromatic N) is 1. The second-order valence-electron chi connectivity index (χ2n) is 6.88. The molecular formula is C21H21FN2O3. The smallest absolute Gasteiger partial charge is 0.341 e. The summed E-state index contributed by atoms with van der Waals surface area (Å²) in [7, 11) is 0. The summed E-state index contributed by atoms with van der Waals surface area (Å²) >= 11 is 0. The van der Waals surface area contributed by atoms with E-state index in [2.05, 4.69) is 0 Å². The number of carboxylic acid groups (broad SMARTS) is 1. The fraction of sp³-hybridized carbons (Fsp3) is 0.238. The molecule has 5 nitrogen and oxygen atoms in total. The number of hydrogen-bond donors (Lipinski definition) is 2. The molecule has 0 aliphatic heterocycles. The molecule has 0 fully saturated rings. The van der Waals surface area contributed by atoms with E-state index in [4.69, 9.17) is 5.73 Å². The Kier molecular flexibility index (Phi) is 4.85. The number of hydrogen-bond acceptors (Lipinski definition) is 3. The van der Waals surface area contributed by atoms with Crippen molar-refractivity contribution >= 4 is 11.5 Å². The lowest BCUT2D eigenvalue weighted by Crippen LogP contribution is -2.24. The largest absolute Gasteiger partial charge is 0.477 e. The molecule has 0 saturated carbocycles. The van der Waals surface area contributed by atoms with E-state index in [-0.39, 0.29) is 11.5 Å². The van der Waals surface area contributed by atoms with Crippen molar-refractivity contribution in [2.24, 2.45) is 5.73 Å². The summed E-state index contributed by atoms with van der Waals surface area (Å²) < 4.78 is 16.1. The number of carboxylic acids is 1. The Balaban J connectivity index is 2.42. The molecule has 0 unspecified atom stereocenters. The first kappa shape index (κ1) is 18.8. The molecule has 2 aromatic heterocycles. The molecule has 3 rings (SSSR count). The number of halogens is 1. The predicted molar refractivity (Wildman–Crippen MR) is 103 cm³/mol. The zero-order valence-electron chi connectivity index (χ0n) is 15.4. The molecular weight excluding hydrogens is 347 g/mol. The minimum atomic E-state index is -1.32. The zero-order valence-corrected chi connectivity index (χ0v) is 15.4. The first-order valence-corrected chi connectivity index (χ1v) is 8.67. The average molecular weight is 368 g/mol. The Morgan fingerprint density at radius 2 is 1.89 bits per heavy atom. The van der Waals surface area contributed by atoms with Gasteiger partial charge in [-0.1, -0.05) is 38.1 Å². The normalized spacial score (nSPS) is 11.3. The number of aromatic carboxylic acids is 1. The van der Waals surface area contributed by atoms with Crippen LogP contribution in [0.15, 0.2) is 41.3 Å². The third-order valence-corrected chi connectivity index (χ3v) is 4.81. The van der Waals surface area contributed by atoms with Gasteiger partial charge in [-0.15, -0.1) is 0 Å². The number of benzene rings is 1. The van der Waals surface area contributed by atoms with Gasteiger partial charge in [0.05, 0.1) is 5.52 Å². The van der Waals surface area contributed by atoms with E-state index in [1.807, 2.05) is 26.0 Å². The summed E-state index contributed by atoms with van der Waals surface area (Å²) in [5.74, 6) is -1.95. The van der Waals surface area contributed by atoms with Gasteiger partial charge in [-0.05, 0) is 41.2 Å². The molecule has 3 N–H and O–H groups in total. The first-order chi connectivity index (χ1) is 12.8. The van der Waals surface area contributed by atoms with Gasteiger partial charge in [-0.3, -0.25) is 9.20 Å². The summed E-state index contributed by atoms with van der Waals surface area (Å²) in [5, 5.41) is 9.33. The highest BCUT2D eigenvalue weighted by molar-refractivity contribution is 5.89. The van der Waals surface area contributed by atoms with Gasteiger partial charge in [0.1, 0.15) is 11.4 Å². The van der Waals surface area contributed by atoms with E-state index >= 15 is 0 Å². The van der Waals surface area contributed by atoms with Crippen LogP contribution >= 0.6 is 0 Å². The maximum absolute atomic E-state index is 15.0. The molecule has 2 heterocycles. The van der Waals surface area contributed by atoms with E-state index in [1.165, 1.54) is 6.07 Å². The molecule has 140 valence electrons. The Hall–Kier alpha value is -2.99. The number of pyridine rings is 2. The maximum Gasteiger partial charge on any atom is 0.341 e. The minimum Gasteiger partial charge on any atom is -0.477 e. The molecule has 0 radical (unpaired) electrons. The molecule has 27 heavy (non-hydrogen) atoms. The third-order valence-electron chi connectivity index (χ3n) is 4.81. The summed E-state index contributed by atoms with van der Waals surface area (Å²) in [4.78, 5) is 24.0. The Morgan fingerprint density at radius 1 is 1.26 bits per heavy atom. The Morgan fingerprint density at radius 3 is 2.41 bits per heavy atom. The average Bonchev–Trinajstić information content (AvgIpc) is 2.62. The first-order valence-electron chi connectivity index (χ1n) is 8.67. The van der Waals surface area contributed by atoms with Crippen LogP contribution in [-0.2, 0) is 6.54 Å². The monoisotopic (exact) mass is 368 g/mol. The molecule has 3 aromatic rings. The molecule has 6 heteroatoms. The molecule has 0 bridgehead atoms. The van der Waals surface area contributed by atoms with Crippen LogP contribution in [0.4, 0.5) is 4.39 Å². The summed E-state index contributed by atoms with van der Waals surface area (Å²) in [6.45, 7) is 5.95. The fourth-order valence-corrected chi connectivity index (χ4v) is 3.41. The number of rotatable bonds is 4. The lowest BCUT2D eigenvalue weighted by Gasteiger charge is -2.18. The van der Waals surface area contributed by atoms with Gasteiger partial charge >= 0.3 is 5.97 Å². The third kappa shape index (κ3) is 3.13. The molecule has 0 amide bonds. The van der Waals surface area contributed by atoms with Gasteiger partial charge in [0.15, 0.2) is 0 Å². The summed E-state index contributed by atoms with van der Waals surface area (Å²) in [6.07, 6.45) is 1.08. The van der Waals surface area contributed by atoms with E-state index in [0.29, 0.717) is 34.3 Å². The standard InChI is InChI=1S/C21H21FN2O3/c1-11(2)15-8-16(21(26)27)20(25)24-10-17(22)18(12(3)19(15)24)14-6-4-13(9-23)5-7-14/h4-8,10-11H,9,23H2,1-3H3,(H,26,27). The predicted octanol–water partition coefficient (Wildman–Crippen LogP) is 3.69. The number of aryl methyl sites for hydroxylation is 1. The van der Waals surface area contributed by atoms with Crippen molar-refractivity contribution in [3.8, 4) is 11.1 Å². The van der Waals surface area contributed by atoms with Crippen molar-refractivity contribution in [1.29, 1.82) is 0 Å². The van der Waals surface area contributed by atoms with Crippen LogP contribution in [0, 0.1) is 12.7 Å². The van der Waals surface area contributed by atoms with Crippen LogP contribution in [0.1, 0.15) is 46.8 Å². The van der Waals surface area contributed by atoms with Gasteiger partial charge in [-0.2, -0.15) is 0 Å². The summed E-state index contributed by atoms with van der Waals surface area (Å²) in [6, 6.07) is 8.66. The highest BCUT2D eigenvalue weighted by atomic mass is 19.1. The SMILES string of the molecule is Cc1c(-c2ccc(CN)cc2)c(F)cn2c(=O)c(C(=O)O)cc(C(C)C)c12. The van der Waals surface area contributed by atoms with E-state index < -0.39 is 17.3 Å². The van der Waals surface area contributed by atoms with Gasteiger partial charge < -0.3 is 10.8 Å². The molecule has 0 aliphatic carbocycles. The van der Waals surface area contributed by atoms with Crippen LogP contribution in [-0.4, -0.2) is 15.5 Å². The highest BCUT2D eigenvalue weighted by Gasteiger charge is 2.21. The van der Waals surface area contributed by atoms with Crippen LogP contribution in [0.25, 0.3) is 16.6 Å². The number of carbonyl (C=O) groups is 1. The van der Waals surface area contributed by atoms with Gasteiger partial charge in [0, 0.05) is 18.3 Å². The minimum absolute atomic E-state index is 0.0460. The van der Waals surface area contributed by atoms with Crippen molar-refractivity contribution < 1.29 is 14.3 Å². The van der Waals surface area contributed by atoms with Gasteiger partial charge in [-0.25, -0.2) is 9.18 Å². The lowest BCUT2D eigenvalue weighted by atomic mass is 9.93. The highest BCUT2D eigenvalue weighted by Crippen LogP contribution is 2.32. The summed E-state index contributed by atoms with van der Waals surface area (Å²) in [5.41, 5.74) is 8.33. The Labute approximate surface area is 155 Å². The second kappa shape index (κ2) is 6.96. The van der Waals surface area contributed by atoms with Crippen molar-refractivity contribution in [3.63, 3.8) is 0 Å². The number of aromatic nitrogens is 1. The Bertz CT molecular complexity index is 1100. The van der Waals surface area contributed by atoms with Crippen molar-refractivity contribution in [2.45, 2.75) is 33.2 Å².